The Morgan fingerprint density at radius 2 is 1.45 bits per heavy atom. The van der Waals surface area contributed by atoms with E-state index in [1.807, 2.05) is 32.0 Å². The van der Waals surface area contributed by atoms with Gasteiger partial charge in [-0.15, -0.1) is 0 Å². The Morgan fingerprint density at radius 3 is 2.00 bits per heavy atom. The van der Waals surface area contributed by atoms with Gasteiger partial charge in [0.2, 0.25) is 0 Å². The lowest BCUT2D eigenvalue weighted by molar-refractivity contribution is -0.384. The Morgan fingerprint density at radius 1 is 0.900 bits per heavy atom. The summed E-state index contributed by atoms with van der Waals surface area (Å²) in [4.78, 5) is 10.5. The first-order valence-corrected chi connectivity index (χ1v) is 6.30. The first-order chi connectivity index (χ1) is 9.47. The molecule has 0 aliphatic carbocycles. The van der Waals surface area contributed by atoms with E-state index in [-0.39, 0.29) is 5.69 Å². The van der Waals surface area contributed by atoms with Crippen molar-refractivity contribution in [3.8, 4) is 0 Å². The second-order valence-corrected chi connectivity index (χ2v) is 4.78. The third-order valence-electron chi connectivity index (χ3n) is 2.93. The van der Waals surface area contributed by atoms with Gasteiger partial charge in [-0.2, -0.15) is 0 Å². The summed E-state index contributed by atoms with van der Waals surface area (Å²) in [7, 11) is 1.74. The molecule has 0 amide bonds. The Balaban J connectivity index is 2.37. The van der Waals surface area contributed by atoms with Gasteiger partial charge in [-0.1, -0.05) is 6.07 Å². The number of non-ortho nitro benzene ring substituents is 1. The van der Waals surface area contributed by atoms with Gasteiger partial charge in [0.05, 0.1) is 4.92 Å². The van der Waals surface area contributed by atoms with Gasteiger partial charge < -0.3 is 10.6 Å². The Labute approximate surface area is 117 Å². The molecule has 2 aromatic carbocycles. The minimum absolute atomic E-state index is 0.0590. The maximum absolute atomic E-state index is 10.9. The molecule has 0 saturated heterocycles. The van der Waals surface area contributed by atoms with Crippen LogP contribution in [0.1, 0.15) is 11.1 Å². The molecule has 0 heterocycles. The van der Waals surface area contributed by atoms with Gasteiger partial charge in [-0.3, -0.25) is 10.1 Å². The smallest absolute Gasteiger partial charge is 0.273 e. The predicted molar refractivity (Wildman–Crippen MR) is 81.8 cm³/mol. The largest absolute Gasteiger partial charge is 0.388 e. The molecule has 2 rings (SSSR count). The molecule has 0 bridgehead atoms. The molecule has 5 heteroatoms. The Kier molecular flexibility index (Phi) is 3.89. The zero-order valence-corrected chi connectivity index (χ0v) is 11.7. The van der Waals surface area contributed by atoms with Crippen LogP contribution in [0.2, 0.25) is 0 Å². The van der Waals surface area contributed by atoms with Gasteiger partial charge in [0.1, 0.15) is 0 Å². The van der Waals surface area contributed by atoms with Crippen molar-refractivity contribution >= 4 is 22.7 Å². The van der Waals surface area contributed by atoms with Crippen molar-refractivity contribution in [1.29, 1.82) is 0 Å². The fraction of sp³-hybridized carbons (Fsp3) is 0.200. The summed E-state index contributed by atoms with van der Waals surface area (Å²) in [6, 6.07) is 11.0. The quantitative estimate of drug-likeness (QED) is 0.651. The van der Waals surface area contributed by atoms with E-state index in [0.717, 1.165) is 16.8 Å². The molecule has 0 radical (unpaired) electrons. The van der Waals surface area contributed by atoms with E-state index in [0.29, 0.717) is 11.4 Å². The van der Waals surface area contributed by atoms with Gasteiger partial charge in [0, 0.05) is 36.2 Å². The number of nitro groups is 1. The van der Waals surface area contributed by atoms with Crippen LogP contribution >= 0.6 is 0 Å². The zero-order valence-electron chi connectivity index (χ0n) is 11.7. The number of benzene rings is 2. The van der Waals surface area contributed by atoms with Gasteiger partial charge >= 0.3 is 0 Å². The number of hydrogen-bond donors (Lipinski definition) is 2. The summed E-state index contributed by atoms with van der Waals surface area (Å²) in [6.07, 6.45) is 0. The van der Waals surface area contributed by atoms with E-state index < -0.39 is 4.92 Å². The molecular formula is C15H17N3O2. The van der Waals surface area contributed by atoms with Crippen LogP contribution in [0.3, 0.4) is 0 Å². The van der Waals surface area contributed by atoms with Crippen molar-refractivity contribution in [3.63, 3.8) is 0 Å². The maximum atomic E-state index is 10.9. The van der Waals surface area contributed by atoms with Crippen LogP contribution in [-0.4, -0.2) is 12.0 Å². The van der Waals surface area contributed by atoms with Crippen LogP contribution in [0.15, 0.2) is 36.4 Å². The molecule has 0 saturated carbocycles. The van der Waals surface area contributed by atoms with Crippen LogP contribution in [0.5, 0.6) is 0 Å². The highest BCUT2D eigenvalue weighted by Crippen LogP contribution is 2.27. The Hall–Kier alpha value is -2.56. The fourth-order valence-corrected chi connectivity index (χ4v) is 2.15. The average molecular weight is 271 g/mol. The summed E-state index contributed by atoms with van der Waals surface area (Å²) < 4.78 is 0. The normalized spacial score (nSPS) is 10.2. The molecule has 0 fully saturated rings. The minimum Gasteiger partial charge on any atom is -0.388 e. The molecule has 5 nitrogen and oxygen atoms in total. The van der Waals surface area contributed by atoms with Crippen molar-refractivity contribution in [2.75, 3.05) is 17.7 Å². The molecule has 0 aliphatic rings. The van der Waals surface area contributed by atoms with Crippen molar-refractivity contribution in [1.82, 2.24) is 0 Å². The molecule has 0 aliphatic heterocycles. The lowest BCUT2D eigenvalue weighted by Gasteiger charge is -2.10. The number of nitrogens with zero attached hydrogens (tertiary/aromatic N) is 1. The van der Waals surface area contributed by atoms with E-state index in [1.54, 1.807) is 7.05 Å². The molecule has 2 aromatic rings. The van der Waals surface area contributed by atoms with Gasteiger partial charge in [0.25, 0.3) is 5.69 Å². The molecular weight excluding hydrogens is 254 g/mol. The third kappa shape index (κ3) is 3.26. The summed E-state index contributed by atoms with van der Waals surface area (Å²) in [5, 5.41) is 17.1. The Bertz CT molecular complexity index is 633. The van der Waals surface area contributed by atoms with E-state index in [2.05, 4.69) is 16.7 Å². The molecule has 2 N–H and O–H groups in total. The predicted octanol–water partition coefficient (Wildman–Crippen LogP) is 4.00. The molecule has 0 unspecified atom stereocenters. The molecule has 20 heavy (non-hydrogen) atoms. The second kappa shape index (κ2) is 5.61. The van der Waals surface area contributed by atoms with Crippen molar-refractivity contribution in [2.45, 2.75) is 13.8 Å². The highest BCUT2D eigenvalue weighted by molar-refractivity contribution is 5.69. The summed E-state index contributed by atoms with van der Waals surface area (Å²) in [6.45, 7) is 4.04. The number of rotatable bonds is 4. The van der Waals surface area contributed by atoms with Crippen LogP contribution < -0.4 is 10.6 Å². The first-order valence-electron chi connectivity index (χ1n) is 6.30. The van der Waals surface area contributed by atoms with Crippen LogP contribution in [0.25, 0.3) is 0 Å². The lowest BCUT2D eigenvalue weighted by atomic mass is 10.1. The topological polar surface area (TPSA) is 67.2 Å². The molecule has 0 spiro atoms. The summed E-state index contributed by atoms with van der Waals surface area (Å²) in [5.74, 6) is 0. The van der Waals surface area contributed by atoms with Crippen molar-refractivity contribution in [3.05, 3.63) is 57.6 Å². The molecule has 0 aromatic heterocycles. The van der Waals surface area contributed by atoms with Gasteiger partial charge in [-0.05, 0) is 43.2 Å². The maximum Gasteiger partial charge on any atom is 0.273 e. The number of nitro benzene ring substituents is 1. The summed E-state index contributed by atoms with van der Waals surface area (Å²) in [5.41, 5.74) is 4.66. The average Bonchev–Trinajstić information content (AvgIpc) is 2.36. The SMILES string of the molecule is CNc1cc(Nc2cc(C)cc(C)c2)cc([N+](=O)[O-])c1. The van der Waals surface area contributed by atoms with Gasteiger partial charge in [0.15, 0.2) is 0 Å². The number of anilines is 3. The van der Waals surface area contributed by atoms with E-state index >= 15 is 0 Å². The van der Waals surface area contributed by atoms with E-state index in [9.17, 15) is 10.1 Å². The zero-order chi connectivity index (χ0) is 14.7. The second-order valence-electron chi connectivity index (χ2n) is 4.78. The fourth-order valence-electron chi connectivity index (χ4n) is 2.15. The summed E-state index contributed by atoms with van der Waals surface area (Å²) >= 11 is 0. The van der Waals surface area contributed by atoms with Crippen LogP contribution in [0, 0.1) is 24.0 Å². The van der Waals surface area contributed by atoms with Crippen LogP contribution in [0.4, 0.5) is 22.7 Å². The van der Waals surface area contributed by atoms with Gasteiger partial charge in [-0.25, -0.2) is 0 Å². The van der Waals surface area contributed by atoms with E-state index in [4.69, 9.17) is 0 Å². The highest BCUT2D eigenvalue weighted by Gasteiger charge is 2.09. The lowest BCUT2D eigenvalue weighted by Crippen LogP contribution is -1.97. The number of hydrogen-bond acceptors (Lipinski definition) is 4. The number of aryl methyl sites for hydroxylation is 2. The minimum atomic E-state index is -0.395. The standard InChI is InChI=1S/C15H17N3O2/c1-10-4-11(2)6-13(5-10)17-14-7-12(16-3)8-15(9-14)18(19)20/h4-9,16-17H,1-3H3. The van der Waals surface area contributed by atoms with Crippen molar-refractivity contribution < 1.29 is 4.92 Å². The molecule has 104 valence electrons. The highest BCUT2D eigenvalue weighted by atomic mass is 16.6. The van der Waals surface area contributed by atoms with Crippen molar-refractivity contribution in [2.24, 2.45) is 0 Å². The van der Waals surface area contributed by atoms with E-state index in [1.165, 1.54) is 12.1 Å². The number of nitrogens with one attached hydrogen (secondary N) is 2. The third-order valence-corrected chi connectivity index (χ3v) is 2.93. The first kappa shape index (κ1) is 13.9. The monoisotopic (exact) mass is 271 g/mol. The van der Waals surface area contributed by atoms with Crippen LogP contribution in [-0.2, 0) is 0 Å². The molecule has 0 atom stereocenters.